The van der Waals surface area contributed by atoms with Crippen molar-refractivity contribution in [3.05, 3.63) is 21.4 Å². The Bertz CT molecular complexity index is 304. The van der Waals surface area contributed by atoms with Gasteiger partial charge in [0.25, 0.3) is 0 Å². The molecule has 0 aromatic carbocycles. The number of hydrogen-bond donors (Lipinski definition) is 0. The summed E-state index contributed by atoms with van der Waals surface area (Å²) in [4.78, 5) is 6.42. The van der Waals surface area contributed by atoms with Gasteiger partial charge in [0.05, 0.1) is 7.11 Å². The van der Waals surface area contributed by atoms with Crippen LogP contribution in [0.2, 0.25) is 0 Å². The van der Waals surface area contributed by atoms with Crippen molar-refractivity contribution in [1.82, 2.24) is 9.88 Å². The van der Waals surface area contributed by atoms with Gasteiger partial charge < -0.3 is 9.64 Å². The standard InChI is InChI=1S/C10H15IN2O/c1-4-13(2)7-8-9(11)5-6-12-10(8)14-3/h5-6H,4,7H2,1-3H3. The van der Waals surface area contributed by atoms with Gasteiger partial charge in [0.15, 0.2) is 0 Å². The number of halogens is 1. The predicted molar refractivity (Wildman–Crippen MR) is 65.5 cm³/mol. The third kappa shape index (κ3) is 2.81. The van der Waals surface area contributed by atoms with Crippen molar-refractivity contribution in [2.75, 3.05) is 20.7 Å². The average molecular weight is 306 g/mol. The Kier molecular flexibility index (Phi) is 4.60. The highest BCUT2D eigenvalue weighted by Crippen LogP contribution is 2.22. The molecular weight excluding hydrogens is 291 g/mol. The molecule has 0 amide bonds. The van der Waals surface area contributed by atoms with Gasteiger partial charge in [-0.2, -0.15) is 0 Å². The molecule has 0 unspecified atom stereocenters. The Balaban J connectivity index is 2.92. The zero-order valence-corrected chi connectivity index (χ0v) is 10.9. The fraction of sp³-hybridized carbons (Fsp3) is 0.500. The molecule has 78 valence electrons. The largest absolute Gasteiger partial charge is 0.481 e. The van der Waals surface area contributed by atoms with Crippen LogP contribution < -0.4 is 4.74 Å². The van der Waals surface area contributed by atoms with Crippen LogP contribution in [0.15, 0.2) is 12.3 Å². The first-order valence-corrected chi connectivity index (χ1v) is 5.62. The molecule has 0 N–H and O–H groups in total. The highest BCUT2D eigenvalue weighted by molar-refractivity contribution is 14.1. The molecule has 1 heterocycles. The van der Waals surface area contributed by atoms with Gasteiger partial charge in [-0.05, 0) is 42.2 Å². The van der Waals surface area contributed by atoms with Crippen LogP contribution in [0, 0.1) is 3.57 Å². The van der Waals surface area contributed by atoms with Crippen LogP contribution in [-0.2, 0) is 6.54 Å². The molecule has 0 saturated heterocycles. The summed E-state index contributed by atoms with van der Waals surface area (Å²) in [5.74, 6) is 0.734. The Labute approximate surface area is 98.6 Å². The summed E-state index contributed by atoms with van der Waals surface area (Å²) < 4.78 is 6.43. The molecule has 0 aliphatic heterocycles. The highest BCUT2D eigenvalue weighted by atomic mass is 127. The Morgan fingerprint density at radius 1 is 1.57 bits per heavy atom. The van der Waals surface area contributed by atoms with Crippen LogP contribution in [0.25, 0.3) is 0 Å². The molecular formula is C10H15IN2O. The van der Waals surface area contributed by atoms with Gasteiger partial charge in [0.1, 0.15) is 0 Å². The molecule has 1 aromatic rings. The minimum Gasteiger partial charge on any atom is -0.481 e. The molecule has 14 heavy (non-hydrogen) atoms. The summed E-state index contributed by atoms with van der Waals surface area (Å²) in [6, 6.07) is 2.00. The minimum atomic E-state index is 0.734. The van der Waals surface area contributed by atoms with E-state index in [1.54, 1.807) is 13.3 Å². The van der Waals surface area contributed by atoms with Gasteiger partial charge in [-0.25, -0.2) is 4.98 Å². The third-order valence-electron chi connectivity index (χ3n) is 2.12. The van der Waals surface area contributed by atoms with E-state index in [1.165, 1.54) is 9.13 Å². The van der Waals surface area contributed by atoms with Gasteiger partial charge in [-0.1, -0.05) is 6.92 Å². The lowest BCUT2D eigenvalue weighted by Crippen LogP contribution is -2.18. The van der Waals surface area contributed by atoms with Crippen LogP contribution in [0.5, 0.6) is 5.88 Å². The van der Waals surface area contributed by atoms with E-state index < -0.39 is 0 Å². The van der Waals surface area contributed by atoms with Crippen LogP contribution in [-0.4, -0.2) is 30.6 Å². The van der Waals surface area contributed by atoms with Gasteiger partial charge in [-0.3, -0.25) is 0 Å². The fourth-order valence-electron chi connectivity index (χ4n) is 1.15. The molecule has 0 fully saturated rings. The lowest BCUT2D eigenvalue weighted by Gasteiger charge is -2.16. The summed E-state index contributed by atoms with van der Waals surface area (Å²) in [6.07, 6.45) is 1.77. The van der Waals surface area contributed by atoms with Crippen molar-refractivity contribution in [3.63, 3.8) is 0 Å². The van der Waals surface area contributed by atoms with Gasteiger partial charge >= 0.3 is 0 Å². The summed E-state index contributed by atoms with van der Waals surface area (Å²) in [5, 5.41) is 0. The number of ether oxygens (including phenoxy) is 1. The quantitative estimate of drug-likeness (QED) is 0.797. The van der Waals surface area contributed by atoms with E-state index in [0.29, 0.717) is 0 Å². The maximum atomic E-state index is 5.23. The molecule has 1 aromatic heterocycles. The van der Waals surface area contributed by atoms with Crippen molar-refractivity contribution in [3.8, 4) is 5.88 Å². The van der Waals surface area contributed by atoms with Crippen LogP contribution in [0.1, 0.15) is 12.5 Å². The fourth-order valence-corrected chi connectivity index (χ4v) is 1.71. The van der Waals surface area contributed by atoms with E-state index in [2.05, 4.69) is 46.4 Å². The van der Waals surface area contributed by atoms with Crippen molar-refractivity contribution in [2.45, 2.75) is 13.5 Å². The maximum Gasteiger partial charge on any atom is 0.218 e. The van der Waals surface area contributed by atoms with Gasteiger partial charge in [0, 0.05) is 21.9 Å². The van der Waals surface area contributed by atoms with Crippen molar-refractivity contribution in [1.29, 1.82) is 0 Å². The topological polar surface area (TPSA) is 25.4 Å². The van der Waals surface area contributed by atoms with Crippen molar-refractivity contribution < 1.29 is 4.74 Å². The molecule has 0 aliphatic carbocycles. The maximum absolute atomic E-state index is 5.23. The zero-order valence-electron chi connectivity index (χ0n) is 8.75. The molecule has 0 aliphatic rings. The van der Waals surface area contributed by atoms with Gasteiger partial charge in [-0.15, -0.1) is 0 Å². The molecule has 3 nitrogen and oxygen atoms in total. The minimum absolute atomic E-state index is 0.734. The van der Waals surface area contributed by atoms with Crippen LogP contribution in [0.3, 0.4) is 0 Å². The third-order valence-corrected chi connectivity index (χ3v) is 3.13. The van der Waals surface area contributed by atoms with E-state index in [1.807, 2.05) is 6.07 Å². The second-order valence-electron chi connectivity index (χ2n) is 3.11. The number of pyridine rings is 1. The van der Waals surface area contributed by atoms with E-state index in [-0.39, 0.29) is 0 Å². The van der Waals surface area contributed by atoms with Gasteiger partial charge in [0.2, 0.25) is 5.88 Å². The molecule has 0 spiro atoms. The first kappa shape index (κ1) is 11.7. The molecule has 0 saturated carbocycles. The number of hydrogen-bond acceptors (Lipinski definition) is 3. The van der Waals surface area contributed by atoms with E-state index in [4.69, 9.17) is 4.74 Å². The lowest BCUT2D eigenvalue weighted by molar-refractivity contribution is 0.327. The Hall–Kier alpha value is -0.360. The second kappa shape index (κ2) is 5.50. The summed E-state index contributed by atoms with van der Waals surface area (Å²) >= 11 is 2.31. The first-order chi connectivity index (χ1) is 6.69. The number of rotatable bonds is 4. The van der Waals surface area contributed by atoms with Crippen LogP contribution in [0.4, 0.5) is 0 Å². The number of nitrogens with zero attached hydrogens (tertiary/aromatic N) is 2. The number of aromatic nitrogens is 1. The summed E-state index contributed by atoms with van der Waals surface area (Å²) in [5.41, 5.74) is 1.17. The van der Waals surface area contributed by atoms with Crippen molar-refractivity contribution >= 4 is 22.6 Å². The Morgan fingerprint density at radius 3 is 2.86 bits per heavy atom. The SMILES string of the molecule is CCN(C)Cc1c(I)ccnc1OC. The number of methoxy groups -OCH3 is 1. The molecule has 1 rings (SSSR count). The monoisotopic (exact) mass is 306 g/mol. The second-order valence-corrected chi connectivity index (χ2v) is 4.27. The predicted octanol–water partition coefficient (Wildman–Crippen LogP) is 2.15. The highest BCUT2D eigenvalue weighted by Gasteiger charge is 2.09. The Morgan fingerprint density at radius 2 is 2.29 bits per heavy atom. The zero-order chi connectivity index (χ0) is 10.6. The molecule has 0 bridgehead atoms. The smallest absolute Gasteiger partial charge is 0.218 e. The van der Waals surface area contributed by atoms with E-state index >= 15 is 0 Å². The summed E-state index contributed by atoms with van der Waals surface area (Å²) in [7, 11) is 3.75. The van der Waals surface area contributed by atoms with E-state index in [0.717, 1.165) is 19.0 Å². The molecule has 0 radical (unpaired) electrons. The normalized spacial score (nSPS) is 10.6. The lowest BCUT2D eigenvalue weighted by atomic mass is 10.2. The summed E-state index contributed by atoms with van der Waals surface area (Å²) in [6.45, 7) is 4.04. The average Bonchev–Trinajstić information content (AvgIpc) is 2.20. The van der Waals surface area contributed by atoms with E-state index in [9.17, 15) is 0 Å². The molecule has 4 heteroatoms. The molecule has 0 atom stereocenters. The van der Waals surface area contributed by atoms with Crippen molar-refractivity contribution in [2.24, 2.45) is 0 Å². The first-order valence-electron chi connectivity index (χ1n) is 4.55. The van der Waals surface area contributed by atoms with Crippen LogP contribution >= 0.6 is 22.6 Å².